The van der Waals surface area contributed by atoms with Crippen LogP contribution in [-0.2, 0) is 4.79 Å². The zero-order chi connectivity index (χ0) is 13.9. The molecule has 1 atom stereocenters. The van der Waals surface area contributed by atoms with Crippen LogP contribution < -0.4 is 10.5 Å². The van der Waals surface area contributed by atoms with Gasteiger partial charge in [-0.15, -0.1) is 0 Å². The molecule has 7 heteroatoms. The van der Waals surface area contributed by atoms with Gasteiger partial charge in [0.15, 0.2) is 17.4 Å². The number of rotatable bonds is 5. The van der Waals surface area contributed by atoms with Crippen LogP contribution in [-0.4, -0.2) is 18.2 Å². The van der Waals surface area contributed by atoms with Crippen molar-refractivity contribution in [3.63, 3.8) is 0 Å². The molecule has 0 heterocycles. The topological polar surface area (TPSA) is 72.5 Å². The molecule has 0 aromatic heterocycles. The van der Waals surface area contributed by atoms with E-state index in [0.717, 1.165) is 7.11 Å². The van der Waals surface area contributed by atoms with Crippen LogP contribution in [0.1, 0.15) is 24.4 Å². The van der Waals surface area contributed by atoms with Crippen molar-refractivity contribution >= 4 is 5.97 Å². The summed E-state index contributed by atoms with van der Waals surface area (Å²) >= 11 is 0. The maximum atomic E-state index is 13.4. The molecule has 1 rings (SSSR count). The first-order chi connectivity index (χ1) is 8.38. The van der Waals surface area contributed by atoms with E-state index in [2.05, 4.69) is 4.74 Å². The molecule has 18 heavy (non-hydrogen) atoms. The number of carboxylic acid groups (broad SMARTS) is 1. The van der Waals surface area contributed by atoms with Gasteiger partial charge in [0.05, 0.1) is 7.11 Å². The van der Waals surface area contributed by atoms with E-state index in [0.29, 0.717) is 6.07 Å². The molecule has 0 aliphatic rings. The average Bonchev–Trinajstić information content (AvgIpc) is 2.32. The van der Waals surface area contributed by atoms with Crippen molar-refractivity contribution in [2.24, 2.45) is 5.73 Å². The molecule has 0 aliphatic heterocycles. The Morgan fingerprint density at radius 2 is 2.06 bits per heavy atom. The predicted molar refractivity (Wildman–Crippen MR) is 56.7 cm³/mol. The second-order valence-electron chi connectivity index (χ2n) is 3.65. The molecular weight excluding hydrogens is 251 g/mol. The van der Waals surface area contributed by atoms with Crippen LogP contribution in [0.2, 0.25) is 0 Å². The summed E-state index contributed by atoms with van der Waals surface area (Å²) in [4.78, 5) is 10.4. The van der Waals surface area contributed by atoms with Crippen molar-refractivity contribution in [1.82, 2.24) is 0 Å². The van der Waals surface area contributed by atoms with E-state index in [1.807, 2.05) is 0 Å². The normalized spacial score (nSPS) is 12.3. The molecule has 1 unspecified atom stereocenters. The highest BCUT2D eigenvalue weighted by Crippen LogP contribution is 2.32. The second-order valence-corrected chi connectivity index (χ2v) is 3.65. The molecule has 100 valence electrons. The lowest BCUT2D eigenvalue weighted by atomic mass is 10.0. The minimum atomic E-state index is -1.65. The average molecular weight is 263 g/mol. The van der Waals surface area contributed by atoms with Crippen LogP contribution in [0.3, 0.4) is 0 Å². The standard InChI is InChI=1S/C11H12F3NO3/c1-18-11-5(7(15)2-3-8(16)17)4-6(12)9(13)10(11)14/h4,7H,2-3,15H2,1H3,(H,16,17). The molecule has 0 saturated carbocycles. The molecule has 0 aliphatic carbocycles. The van der Waals surface area contributed by atoms with Gasteiger partial charge in [-0.25, -0.2) is 8.78 Å². The van der Waals surface area contributed by atoms with Gasteiger partial charge in [0.2, 0.25) is 5.82 Å². The zero-order valence-corrected chi connectivity index (χ0v) is 9.54. The van der Waals surface area contributed by atoms with Crippen LogP contribution in [0.15, 0.2) is 6.07 Å². The first-order valence-corrected chi connectivity index (χ1v) is 5.07. The Morgan fingerprint density at radius 1 is 1.44 bits per heavy atom. The van der Waals surface area contributed by atoms with Gasteiger partial charge in [-0.1, -0.05) is 0 Å². The van der Waals surface area contributed by atoms with Crippen molar-refractivity contribution in [3.8, 4) is 5.75 Å². The molecule has 4 nitrogen and oxygen atoms in total. The number of carboxylic acids is 1. The number of aliphatic carboxylic acids is 1. The summed E-state index contributed by atoms with van der Waals surface area (Å²) in [7, 11) is 1.09. The van der Waals surface area contributed by atoms with Crippen LogP contribution in [0.25, 0.3) is 0 Å². The van der Waals surface area contributed by atoms with E-state index in [4.69, 9.17) is 10.8 Å². The molecule has 1 aromatic carbocycles. The smallest absolute Gasteiger partial charge is 0.303 e. The highest BCUT2D eigenvalue weighted by Gasteiger charge is 2.23. The lowest BCUT2D eigenvalue weighted by molar-refractivity contribution is -0.137. The number of halogens is 3. The van der Waals surface area contributed by atoms with Gasteiger partial charge in [-0.2, -0.15) is 4.39 Å². The van der Waals surface area contributed by atoms with Crippen molar-refractivity contribution in [1.29, 1.82) is 0 Å². The summed E-state index contributed by atoms with van der Waals surface area (Å²) < 4.78 is 44.0. The largest absolute Gasteiger partial charge is 0.493 e. The minimum Gasteiger partial charge on any atom is -0.493 e. The molecule has 0 amide bonds. The Morgan fingerprint density at radius 3 is 2.56 bits per heavy atom. The molecule has 0 saturated heterocycles. The van der Waals surface area contributed by atoms with Crippen molar-refractivity contribution in [2.75, 3.05) is 7.11 Å². The first kappa shape index (κ1) is 14.3. The Balaban J connectivity index is 3.11. The van der Waals surface area contributed by atoms with E-state index >= 15 is 0 Å². The van der Waals surface area contributed by atoms with Gasteiger partial charge < -0.3 is 15.6 Å². The van der Waals surface area contributed by atoms with E-state index in [9.17, 15) is 18.0 Å². The van der Waals surface area contributed by atoms with E-state index < -0.39 is 35.2 Å². The minimum absolute atomic E-state index is 0.0454. The molecule has 0 bridgehead atoms. The summed E-state index contributed by atoms with van der Waals surface area (Å²) in [5.41, 5.74) is 5.51. The maximum Gasteiger partial charge on any atom is 0.303 e. The van der Waals surface area contributed by atoms with Gasteiger partial charge >= 0.3 is 5.97 Å². The Bertz CT molecular complexity index is 465. The number of benzene rings is 1. The monoisotopic (exact) mass is 263 g/mol. The number of hydrogen-bond donors (Lipinski definition) is 2. The van der Waals surface area contributed by atoms with Gasteiger partial charge in [0.1, 0.15) is 0 Å². The highest BCUT2D eigenvalue weighted by atomic mass is 19.2. The third-order valence-electron chi connectivity index (χ3n) is 2.42. The Kier molecular flexibility index (Phi) is 4.55. The van der Waals surface area contributed by atoms with Crippen LogP contribution in [0, 0.1) is 17.5 Å². The quantitative estimate of drug-likeness (QED) is 0.797. The Hall–Kier alpha value is -1.76. The Labute approximate surface area is 101 Å². The van der Waals surface area contributed by atoms with Crippen molar-refractivity contribution in [3.05, 3.63) is 29.1 Å². The summed E-state index contributed by atoms with van der Waals surface area (Å²) in [5.74, 6) is -6.12. The number of methoxy groups -OCH3 is 1. The fourth-order valence-corrected chi connectivity index (χ4v) is 1.51. The number of carbonyl (C=O) groups is 1. The summed E-state index contributed by atoms with van der Waals surface area (Å²) in [6.07, 6.45) is -0.318. The molecule has 0 radical (unpaired) electrons. The van der Waals surface area contributed by atoms with Crippen LogP contribution in [0.4, 0.5) is 13.2 Å². The molecule has 0 spiro atoms. The summed E-state index contributed by atoms with van der Waals surface area (Å²) in [6.45, 7) is 0. The van der Waals surface area contributed by atoms with E-state index in [-0.39, 0.29) is 18.4 Å². The van der Waals surface area contributed by atoms with Crippen molar-refractivity contribution in [2.45, 2.75) is 18.9 Å². The number of ether oxygens (including phenoxy) is 1. The third-order valence-corrected chi connectivity index (χ3v) is 2.42. The second kappa shape index (κ2) is 5.72. The molecule has 3 N–H and O–H groups in total. The number of hydrogen-bond acceptors (Lipinski definition) is 3. The predicted octanol–water partition coefficient (Wildman–Crippen LogP) is 1.98. The molecule has 1 aromatic rings. The van der Waals surface area contributed by atoms with E-state index in [1.54, 1.807) is 0 Å². The van der Waals surface area contributed by atoms with Gasteiger partial charge in [-0.05, 0) is 12.5 Å². The van der Waals surface area contributed by atoms with Gasteiger partial charge in [-0.3, -0.25) is 4.79 Å². The van der Waals surface area contributed by atoms with Crippen LogP contribution in [0.5, 0.6) is 5.75 Å². The van der Waals surface area contributed by atoms with Gasteiger partial charge in [0, 0.05) is 18.0 Å². The third kappa shape index (κ3) is 2.92. The first-order valence-electron chi connectivity index (χ1n) is 5.07. The lowest BCUT2D eigenvalue weighted by Gasteiger charge is -2.16. The van der Waals surface area contributed by atoms with Gasteiger partial charge in [0.25, 0.3) is 0 Å². The highest BCUT2D eigenvalue weighted by molar-refractivity contribution is 5.66. The van der Waals surface area contributed by atoms with Crippen LogP contribution >= 0.6 is 0 Å². The maximum absolute atomic E-state index is 13.4. The fourth-order valence-electron chi connectivity index (χ4n) is 1.51. The lowest BCUT2D eigenvalue weighted by Crippen LogP contribution is -2.15. The van der Waals surface area contributed by atoms with E-state index in [1.165, 1.54) is 0 Å². The summed E-state index contributed by atoms with van der Waals surface area (Å²) in [6, 6.07) is -0.246. The molecule has 0 fully saturated rings. The molecular formula is C11H12F3NO3. The zero-order valence-electron chi connectivity index (χ0n) is 9.54. The number of nitrogens with two attached hydrogens (primary N) is 1. The van der Waals surface area contributed by atoms with Crippen molar-refractivity contribution < 1.29 is 27.8 Å². The fraction of sp³-hybridized carbons (Fsp3) is 0.364. The summed E-state index contributed by atoms with van der Waals surface area (Å²) in [5, 5.41) is 8.49. The SMILES string of the molecule is COc1c(C(N)CCC(=O)O)cc(F)c(F)c1F.